The third kappa shape index (κ3) is 8.92. The Balaban J connectivity index is 1.69. The first-order valence-electron chi connectivity index (χ1n) is 12.3. The SMILES string of the molecule is COc1ccc(CSC2CNC(C(OC(=O)N(CC(=O)OC(C)(C)C)c3ccccc3)S(C)(=O)=O)C2)cc1. The molecule has 0 radical (unpaired) electrons. The zero-order chi connectivity index (χ0) is 27.9. The topological polar surface area (TPSA) is 111 Å². The molecule has 0 bridgehead atoms. The van der Waals surface area contributed by atoms with Crippen LogP contribution < -0.4 is 15.0 Å². The molecule has 1 saturated heterocycles. The molecule has 1 amide bonds. The molecule has 208 valence electrons. The molecule has 1 N–H and O–H groups in total. The lowest BCUT2D eigenvalue weighted by atomic mass is 10.2. The van der Waals surface area contributed by atoms with Crippen molar-refractivity contribution in [3.8, 4) is 5.75 Å². The minimum atomic E-state index is -3.79. The van der Waals surface area contributed by atoms with Crippen molar-refractivity contribution < 1.29 is 32.2 Å². The molecule has 0 spiro atoms. The van der Waals surface area contributed by atoms with Gasteiger partial charge in [-0.2, -0.15) is 11.8 Å². The summed E-state index contributed by atoms with van der Waals surface area (Å²) in [5.74, 6) is 0.905. The fourth-order valence-corrected chi connectivity index (χ4v) is 6.25. The van der Waals surface area contributed by atoms with Crippen LogP contribution in [0.4, 0.5) is 10.5 Å². The number of esters is 1. The van der Waals surface area contributed by atoms with Gasteiger partial charge in [0, 0.05) is 29.5 Å². The van der Waals surface area contributed by atoms with E-state index >= 15 is 0 Å². The second-order valence-corrected chi connectivity index (χ2v) is 13.5. The van der Waals surface area contributed by atoms with Crippen LogP contribution in [0.2, 0.25) is 0 Å². The second kappa shape index (κ2) is 12.9. The summed E-state index contributed by atoms with van der Waals surface area (Å²) in [4.78, 5) is 26.9. The van der Waals surface area contributed by atoms with Crippen LogP contribution in [0.15, 0.2) is 54.6 Å². The average molecular weight is 565 g/mol. The number of hydrogen-bond acceptors (Lipinski definition) is 9. The number of ether oxygens (including phenoxy) is 3. The Hall–Kier alpha value is -2.76. The quantitative estimate of drug-likeness (QED) is 0.428. The summed E-state index contributed by atoms with van der Waals surface area (Å²) in [6.45, 7) is 5.34. The maximum atomic E-state index is 13.3. The molecule has 2 aromatic rings. The molecular weight excluding hydrogens is 528 g/mol. The summed E-state index contributed by atoms with van der Waals surface area (Å²) in [6, 6.07) is 15.7. The number of sulfone groups is 1. The third-order valence-corrected chi connectivity index (χ3v) is 8.33. The Morgan fingerprint density at radius 2 is 1.76 bits per heavy atom. The number of carbonyl (C=O) groups excluding carboxylic acids is 2. The smallest absolute Gasteiger partial charge is 0.416 e. The molecule has 1 aliphatic rings. The Morgan fingerprint density at radius 1 is 1.11 bits per heavy atom. The molecule has 3 unspecified atom stereocenters. The van der Waals surface area contributed by atoms with E-state index in [-0.39, 0.29) is 5.25 Å². The minimum Gasteiger partial charge on any atom is -0.497 e. The number of methoxy groups -OCH3 is 1. The van der Waals surface area contributed by atoms with Gasteiger partial charge in [-0.05, 0) is 57.0 Å². The highest BCUT2D eigenvalue weighted by Gasteiger charge is 2.40. The second-order valence-electron chi connectivity index (χ2n) is 10.1. The van der Waals surface area contributed by atoms with Crippen LogP contribution in [0.1, 0.15) is 32.8 Å². The molecule has 0 aliphatic carbocycles. The van der Waals surface area contributed by atoms with E-state index in [1.807, 2.05) is 24.3 Å². The standard InChI is InChI=1S/C27H36N2O7S2/c1-27(2,3)36-24(30)17-29(20-9-7-6-8-10-20)26(31)35-25(38(5,32)33)23-15-22(16-28-23)37-18-19-11-13-21(34-4)14-12-19/h6-14,22-23,25,28H,15-18H2,1-5H3. The first-order chi connectivity index (χ1) is 17.9. The van der Waals surface area contributed by atoms with Crippen molar-refractivity contribution in [1.82, 2.24) is 5.32 Å². The fourth-order valence-electron chi connectivity index (χ4n) is 4.01. The number of amides is 1. The van der Waals surface area contributed by atoms with Crippen molar-refractivity contribution in [1.29, 1.82) is 0 Å². The number of thioether (sulfide) groups is 1. The van der Waals surface area contributed by atoms with Gasteiger partial charge in [0.1, 0.15) is 17.9 Å². The van der Waals surface area contributed by atoms with Crippen molar-refractivity contribution >= 4 is 39.3 Å². The predicted molar refractivity (Wildman–Crippen MR) is 149 cm³/mol. The van der Waals surface area contributed by atoms with E-state index in [4.69, 9.17) is 14.2 Å². The van der Waals surface area contributed by atoms with E-state index in [2.05, 4.69) is 5.32 Å². The Labute approximate surface area is 229 Å². The molecule has 2 aromatic carbocycles. The molecule has 1 fully saturated rings. The minimum absolute atomic E-state index is 0.136. The lowest BCUT2D eigenvalue weighted by molar-refractivity contribution is -0.152. The molecule has 3 rings (SSSR count). The highest BCUT2D eigenvalue weighted by atomic mass is 32.2. The van der Waals surface area contributed by atoms with E-state index < -0.39 is 45.5 Å². The molecule has 38 heavy (non-hydrogen) atoms. The molecule has 3 atom stereocenters. The summed E-state index contributed by atoms with van der Waals surface area (Å²) < 4.78 is 41.6. The maximum Gasteiger partial charge on any atom is 0.416 e. The van der Waals surface area contributed by atoms with E-state index in [0.717, 1.165) is 28.2 Å². The number of anilines is 1. The van der Waals surface area contributed by atoms with Crippen molar-refractivity contribution in [3.05, 3.63) is 60.2 Å². The summed E-state index contributed by atoms with van der Waals surface area (Å²) in [5, 5.41) is 3.35. The summed E-state index contributed by atoms with van der Waals surface area (Å²) in [5.41, 5.74) is -0.634. The normalized spacial score (nSPS) is 18.4. The average Bonchev–Trinajstić information content (AvgIpc) is 3.32. The number of nitrogens with one attached hydrogen (secondary N) is 1. The van der Waals surface area contributed by atoms with Crippen LogP contribution in [-0.4, -0.2) is 69.3 Å². The molecule has 9 nitrogen and oxygen atoms in total. The van der Waals surface area contributed by atoms with E-state index in [0.29, 0.717) is 18.7 Å². The van der Waals surface area contributed by atoms with Crippen LogP contribution in [0, 0.1) is 0 Å². The van der Waals surface area contributed by atoms with Gasteiger partial charge in [0.15, 0.2) is 9.84 Å². The van der Waals surface area contributed by atoms with Crippen LogP contribution in [0.5, 0.6) is 5.75 Å². The largest absolute Gasteiger partial charge is 0.497 e. The molecule has 1 aliphatic heterocycles. The Bertz CT molecular complexity index is 1180. The number of carbonyl (C=O) groups is 2. The zero-order valence-electron chi connectivity index (χ0n) is 22.4. The first kappa shape index (κ1) is 29.8. The summed E-state index contributed by atoms with van der Waals surface area (Å²) in [7, 11) is -2.17. The van der Waals surface area contributed by atoms with E-state index in [1.54, 1.807) is 70.0 Å². The van der Waals surface area contributed by atoms with Crippen molar-refractivity contribution in [2.24, 2.45) is 0 Å². The van der Waals surface area contributed by atoms with Gasteiger partial charge in [0.2, 0.25) is 5.44 Å². The van der Waals surface area contributed by atoms with E-state index in [1.165, 1.54) is 0 Å². The molecule has 0 saturated carbocycles. The summed E-state index contributed by atoms with van der Waals surface area (Å²) >= 11 is 1.71. The maximum absolute atomic E-state index is 13.3. The number of rotatable bonds is 10. The third-order valence-electron chi connectivity index (χ3n) is 5.73. The van der Waals surface area contributed by atoms with Gasteiger partial charge >= 0.3 is 12.1 Å². The van der Waals surface area contributed by atoms with Crippen LogP contribution in [-0.2, 0) is 29.9 Å². The van der Waals surface area contributed by atoms with Gasteiger partial charge < -0.3 is 19.5 Å². The fraction of sp³-hybridized carbons (Fsp3) is 0.481. The van der Waals surface area contributed by atoms with Gasteiger partial charge in [-0.15, -0.1) is 0 Å². The summed E-state index contributed by atoms with van der Waals surface area (Å²) in [6.07, 6.45) is 0.614. The van der Waals surface area contributed by atoms with Gasteiger partial charge in [-0.3, -0.25) is 9.69 Å². The molecule has 0 aromatic heterocycles. The monoisotopic (exact) mass is 564 g/mol. The number of benzene rings is 2. The highest BCUT2D eigenvalue weighted by Crippen LogP contribution is 2.29. The number of hydrogen-bond donors (Lipinski definition) is 1. The lowest BCUT2D eigenvalue weighted by Gasteiger charge is -2.28. The van der Waals surface area contributed by atoms with E-state index in [9.17, 15) is 18.0 Å². The van der Waals surface area contributed by atoms with Gasteiger partial charge in [-0.25, -0.2) is 13.2 Å². The highest BCUT2D eigenvalue weighted by molar-refractivity contribution is 7.99. The van der Waals surface area contributed by atoms with Gasteiger partial charge in [0.05, 0.1) is 13.2 Å². The molecular formula is C27H36N2O7S2. The number of nitrogens with zero attached hydrogens (tertiary/aromatic N) is 1. The van der Waals surface area contributed by atoms with Crippen molar-refractivity contribution in [2.45, 2.75) is 55.3 Å². The van der Waals surface area contributed by atoms with Crippen LogP contribution >= 0.6 is 11.8 Å². The van der Waals surface area contributed by atoms with Crippen LogP contribution in [0.25, 0.3) is 0 Å². The molecule has 1 heterocycles. The van der Waals surface area contributed by atoms with Crippen molar-refractivity contribution in [2.75, 3.05) is 31.4 Å². The Kier molecular flexibility index (Phi) is 10.1. The van der Waals surface area contributed by atoms with Crippen molar-refractivity contribution in [3.63, 3.8) is 0 Å². The zero-order valence-corrected chi connectivity index (χ0v) is 24.0. The van der Waals surface area contributed by atoms with Gasteiger partial charge in [0.25, 0.3) is 0 Å². The van der Waals surface area contributed by atoms with Crippen LogP contribution in [0.3, 0.4) is 0 Å². The Morgan fingerprint density at radius 3 is 2.34 bits per heavy atom. The number of para-hydroxylation sites is 1. The lowest BCUT2D eigenvalue weighted by Crippen LogP contribution is -2.47. The predicted octanol–water partition coefficient (Wildman–Crippen LogP) is 4.01. The molecule has 11 heteroatoms. The first-order valence-corrected chi connectivity index (χ1v) is 15.3. The van der Waals surface area contributed by atoms with Gasteiger partial charge in [-0.1, -0.05) is 30.3 Å².